The van der Waals surface area contributed by atoms with E-state index >= 15 is 0 Å². The lowest BCUT2D eigenvalue weighted by Gasteiger charge is -2.16. The van der Waals surface area contributed by atoms with Crippen LogP contribution in [-0.2, 0) is 11.3 Å². The first kappa shape index (κ1) is 17.5. The van der Waals surface area contributed by atoms with Crippen LogP contribution in [0.15, 0.2) is 53.1 Å². The summed E-state index contributed by atoms with van der Waals surface area (Å²) >= 11 is 6.19. The highest BCUT2D eigenvalue weighted by atomic mass is 35.5. The van der Waals surface area contributed by atoms with E-state index in [0.717, 1.165) is 11.3 Å². The molecular weight excluding hydrogens is 366 g/mol. The summed E-state index contributed by atoms with van der Waals surface area (Å²) in [5.41, 5.74) is 1.73. The molecule has 1 fully saturated rings. The maximum absolute atomic E-state index is 12.4. The van der Waals surface area contributed by atoms with Crippen molar-refractivity contribution in [1.29, 1.82) is 0 Å². The molecule has 0 aliphatic carbocycles. The number of hydrogen-bond acceptors (Lipinski definition) is 5. The van der Waals surface area contributed by atoms with Crippen LogP contribution in [-0.4, -0.2) is 34.6 Å². The number of methoxy groups -OCH3 is 1. The highest BCUT2D eigenvalue weighted by Crippen LogP contribution is 2.31. The monoisotopic (exact) mass is 383 g/mol. The maximum atomic E-state index is 12.4. The third kappa shape index (κ3) is 3.66. The van der Waals surface area contributed by atoms with Gasteiger partial charge >= 0.3 is 0 Å². The molecule has 1 aromatic heterocycles. The fourth-order valence-corrected chi connectivity index (χ4v) is 3.45. The number of likely N-dealkylation sites (tertiary alicyclic amines) is 1. The van der Waals surface area contributed by atoms with Crippen LogP contribution in [0.25, 0.3) is 11.4 Å². The van der Waals surface area contributed by atoms with E-state index in [0.29, 0.717) is 41.8 Å². The molecule has 2 aromatic carbocycles. The fraction of sp³-hybridized carbons (Fsp3) is 0.250. The lowest BCUT2D eigenvalue weighted by Crippen LogP contribution is -2.24. The topological polar surface area (TPSA) is 68.5 Å². The fourth-order valence-electron chi connectivity index (χ4n) is 3.23. The number of nitrogens with zero attached hydrogens (tertiary/aromatic N) is 3. The van der Waals surface area contributed by atoms with Gasteiger partial charge < -0.3 is 14.2 Å². The van der Waals surface area contributed by atoms with Crippen molar-refractivity contribution in [2.75, 3.05) is 13.7 Å². The molecule has 3 aromatic rings. The van der Waals surface area contributed by atoms with Gasteiger partial charge in [0, 0.05) is 25.1 Å². The van der Waals surface area contributed by atoms with Crippen LogP contribution in [0.5, 0.6) is 5.75 Å². The molecular formula is C20H18ClN3O3. The zero-order valence-corrected chi connectivity index (χ0v) is 15.5. The Morgan fingerprint density at radius 2 is 2.11 bits per heavy atom. The van der Waals surface area contributed by atoms with Crippen molar-refractivity contribution in [3.63, 3.8) is 0 Å². The predicted molar refractivity (Wildman–Crippen MR) is 101 cm³/mol. The maximum Gasteiger partial charge on any atom is 0.232 e. The highest BCUT2D eigenvalue weighted by Gasteiger charge is 2.34. The third-order valence-corrected chi connectivity index (χ3v) is 4.96. The second-order valence-corrected chi connectivity index (χ2v) is 6.87. The van der Waals surface area contributed by atoms with E-state index in [2.05, 4.69) is 10.1 Å². The number of carbonyl (C=O) groups is 1. The zero-order valence-electron chi connectivity index (χ0n) is 14.8. The van der Waals surface area contributed by atoms with Crippen LogP contribution in [0.1, 0.15) is 23.8 Å². The SMILES string of the molecule is COc1cccc(CN2CC(c3nc(-c4ccccc4Cl)no3)CC2=O)c1. The Labute approximate surface area is 161 Å². The molecule has 1 aliphatic rings. The lowest BCUT2D eigenvalue weighted by molar-refractivity contribution is -0.128. The highest BCUT2D eigenvalue weighted by molar-refractivity contribution is 6.33. The van der Waals surface area contributed by atoms with Gasteiger partial charge in [-0.15, -0.1) is 0 Å². The zero-order chi connectivity index (χ0) is 18.8. The summed E-state index contributed by atoms with van der Waals surface area (Å²) in [6.45, 7) is 1.07. The first-order valence-corrected chi connectivity index (χ1v) is 9.01. The minimum atomic E-state index is -0.119. The Morgan fingerprint density at radius 3 is 2.93 bits per heavy atom. The van der Waals surface area contributed by atoms with Crippen LogP contribution in [0.3, 0.4) is 0 Å². The van der Waals surface area contributed by atoms with Gasteiger partial charge in [-0.05, 0) is 29.8 Å². The van der Waals surface area contributed by atoms with Crippen molar-refractivity contribution in [1.82, 2.24) is 15.0 Å². The molecule has 0 spiro atoms. The van der Waals surface area contributed by atoms with Crippen LogP contribution < -0.4 is 4.74 Å². The van der Waals surface area contributed by atoms with Crippen LogP contribution >= 0.6 is 11.6 Å². The summed E-state index contributed by atoms with van der Waals surface area (Å²) in [6, 6.07) is 15.0. The van der Waals surface area contributed by atoms with Gasteiger partial charge in [-0.1, -0.05) is 41.0 Å². The smallest absolute Gasteiger partial charge is 0.232 e. The van der Waals surface area contributed by atoms with Crippen LogP contribution in [0, 0.1) is 0 Å². The number of aromatic nitrogens is 2. The van der Waals surface area contributed by atoms with Gasteiger partial charge in [0.1, 0.15) is 5.75 Å². The largest absolute Gasteiger partial charge is 0.497 e. The second kappa shape index (κ2) is 7.40. The van der Waals surface area contributed by atoms with Crippen LogP contribution in [0.2, 0.25) is 5.02 Å². The molecule has 0 saturated carbocycles. The van der Waals surface area contributed by atoms with Crippen molar-refractivity contribution in [3.8, 4) is 17.1 Å². The molecule has 7 heteroatoms. The Bertz CT molecular complexity index is 972. The summed E-state index contributed by atoms with van der Waals surface area (Å²) in [5.74, 6) is 1.63. The molecule has 1 atom stereocenters. The average Bonchev–Trinajstić information content (AvgIpc) is 3.30. The van der Waals surface area contributed by atoms with Gasteiger partial charge in [0.2, 0.25) is 17.6 Å². The van der Waals surface area contributed by atoms with E-state index in [1.807, 2.05) is 42.5 Å². The molecule has 0 radical (unpaired) electrons. The van der Waals surface area contributed by atoms with E-state index < -0.39 is 0 Å². The first-order chi connectivity index (χ1) is 13.1. The van der Waals surface area contributed by atoms with Gasteiger partial charge in [0.05, 0.1) is 18.1 Å². The standard InChI is InChI=1S/C20H18ClN3O3/c1-26-15-6-4-5-13(9-15)11-24-12-14(10-18(24)25)20-22-19(23-27-20)16-7-2-3-8-17(16)21/h2-9,14H,10-12H2,1H3. The summed E-state index contributed by atoms with van der Waals surface area (Å²) in [4.78, 5) is 18.7. The normalized spacial score (nSPS) is 16.7. The predicted octanol–water partition coefficient (Wildman–Crippen LogP) is 3.91. The molecule has 1 unspecified atom stereocenters. The average molecular weight is 384 g/mol. The molecule has 1 aliphatic heterocycles. The van der Waals surface area contributed by atoms with Gasteiger partial charge in [-0.2, -0.15) is 4.98 Å². The number of amides is 1. The van der Waals surface area contributed by atoms with E-state index in [1.165, 1.54) is 0 Å². The molecule has 0 N–H and O–H groups in total. The van der Waals surface area contributed by atoms with E-state index in [1.54, 1.807) is 18.1 Å². The Kier molecular flexibility index (Phi) is 4.81. The molecule has 1 amide bonds. The molecule has 27 heavy (non-hydrogen) atoms. The molecule has 1 saturated heterocycles. The summed E-state index contributed by atoms with van der Waals surface area (Å²) in [5, 5.41) is 4.59. The van der Waals surface area contributed by atoms with E-state index in [-0.39, 0.29) is 11.8 Å². The second-order valence-electron chi connectivity index (χ2n) is 6.46. The summed E-state index contributed by atoms with van der Waals surface area (Å²) < 4.78 is 10.7. The Morgan fingerprint density at radius 1 is 1.26 bits per heavy atom. The number of benzene rings is 2. The molecule has 138 valence electrons. The van der Waals surface area contributed by atoms with E-state index in [9.17, 15) is 4.79 Å². The Hall–Kier alpha value is -2.86. The first-order valence-electron chi connectivity index (χ1n) is 8.63. The molecule has 4 rings (SSSR count). The number of carbonyl (C=O) groups excluding carboxylic acids is 1. The number of ether oxygens (including phenoxy) is 1. The lowest BCUT2D eigenvalue weighted by atomic mass is 10.1. The van der Waals surface area contributed by atoms with Crippen LogP contribution in [0.4, 0.5) is 0 Å². The number of halogens is 1. The van der Waals surface area contributed by atoms with Crippen molar-refractivity contribution in [2.24, 2.45) is 0 Å². The Balaban J connectivity index is 1.49. The summed E-state index contributed by atoms with van der Waals surface area (Å²) in [6.07, 6.45) is 0.355. The van der Waals surface area contributed by atoms with Crippen molar-refractivity contribution in [2.45, 2.75) is 18.9 Å². The molecule has 2 heterocycles. The minimum absolute atomic E-state index is 0.0697. The summed E-state index contributed by atoms with van der Waals surface area (Å²) in [7, 11) is 1.63. The third-order valence-electron chi connectivity index (χ3n) is 4.63. The van der Waals surface area contributed by atoms with Crippen molar-refractivity contribution < 1.29 is 14.1 Å². The van der Waals surface area contributed by atoms with Crippen molar-refractivity contribution in [3.05, 3.63) is 65.0 Å². The quantitative estimate of drug-likeness (QED) is 0.668. The van der Waals surface area contributed by atoms with Gasteiger partial charge in [-0.3, -0.25) is 4.79 Å². The van der Waals surface area contributed by atoms with Gasteiger partial charge in [0.25, 0.3) is 0 Å². The molecule has 6 nitrogen and oxygen atoms in total. The van der Waals surface area contributed by atoms with Crippen molar-refractivity contribution >= 4 is 17.5 Å². The van der Waals surface area contributed by atoms with Gasteiger partial charge in [-0.25, -0.2) is 0 Å². The van der Waals surface area contributed by atoms with Gasteiger partial charge in [0.15, 0.2) is 0 Å². The number of rotatable bonds is 5. The minimum Gasteiger partial charge on any atom is -0.497 e. The molecule has 0 bridgehead atoms. The number of hydrogen-bond donors (Lipinski definition) is 0. The van der Waals surface area contributed by atoms with E-state index in [4.69, 9.17) is 20.9 Å².